The van der Waals surface area contributed by atoms with E-state index in [2.05, 4.69) is 35.9 Å². The SMILES string of the molecule is CCN1CCN(C(C)C)CC(NC(=O)c2cc(Cl)c(N)cc2OC)C1. The quantitative estimate of drug-likeness (QED) is 0.778. The number of likely N-dealkylation sites (N-methyl/N-ethyl adjacent to an activating group) is 1. The van der Waals surface area contributed by atoms with Crippen molar-refractivity contribution in [2.75, 3.05) is 45.6 Å². The molecular weight excluding hydrogens is 340 g/mol. The number of benzene rings is 1. The van der Waals surface area contributed by atoms with Crippen molar-refractivity contribution in [3.8, 4) is 5.75 Å². The van der Waals surface area contributed by atoms with Gasteiger partial charge in [0.1, 0.15) is 5.75 Å². The van der Waals surface area contributed by atoms with Crippen molar-refractivity contribution < 1.29 is 9.53 Å². The maximum Gasteiger partial charge on any atom is 0.255 e. The van der Waals surface area contributed by atoms with Gasteiger partial charge < -0.3 is 20.7 Å². The zero-order valence-electron chi connectivity index (χ0n) is 15.5. The van der Waals surface area contributed by atoms with E-state index in [4.69, 9.17) is 22.1 Å². The summed E-state index contributed by atoms with van der Waals surface area (Å²) in [5.74, 6) is 0.242. The third-order valence-electron chi connectivity index (χ3n) is 4.71. The monoisotopic (exact) mass is 368 g/mol. The van der Waals surface area contributed by atoms with E-state index in [9.17, 15) is 4.79 Å². The summed E-state index contributed by atoms with van der Waals surface area (Å²) in [6.45, 7) is 11.2. The van der Waals surface area contributed by atoms with E-state index in [1.807, 2.05) is 0 Å². The number of amides is 1. The van der Waals surface area contributed by atoms with E-state index in [1.165, 1.54) is 7.11 Å². The van der Waals surface area contributed by atoms with Gasteiger partial charge >= 0.3 is 0 Å². The van der Waals surface area contributed by atoms with E-state index in [-0.39, 0.29) is 11.9 Å². The van der Waals surface area contributed by atoms with Crippen LogP contribution >= 0.6 is 11.6 Å². The minimum atomic E-state index is -0.189. The molecule has 140 valence electrons. The Kier molecular flexibility index (Phi) is 6.93. The predicted octanol–water partition coefficient (Wildman–Crippen LogP) is 2.08. The Morgan fingerprint density at radius 2 is 2.12 bits per heavy atom. The number of rotatable bonds is 5. The number of methoxy groups -OCH3 is 1. The van der Waals surface area contributed by atoms with Crippen LogP contribution in [-0.4, -0.2) is 67.6 Å². The zero-order valence-corrected chi connectivity index (χ0v) is 16.3. The molecule has 1 aromatic rings. The van der Waals surface area contributed by atoms with Crippen LogP contribution in [0.15, 0.2) is 12.1 Å². The van der Waals surface area contributed by atoms with Crippen LogP contribution in [0.25, 0.3) is 0 Å². The first kappa shape index (κ1) is 19.8. The van der Waals surface area contributed by atoms with Gasteiger partial charge in [0.2, 0.25) is 0 Å². The molecule has 1 aromatic carbocycles. The third-order valence-corrected chi connectivity index (χ3v) is 5.04. The molecule has 25 heavy (non-hydrogen) atoms. The fraction of sp³-hybridized carbons (Fsp3) is 0.611. The van der Waals surface area contributed by atoms with Gasteiger partial charge in [-0.3, -0.25) is 9.69 Å². The number of carbonyl (C=O) groups is 1. The molecule has 6 nitrogen and oxygen atoms in total. The van der Waals surface area contributed by atoms with Crippen molar-refractivity contribution in [2.24, 2.45) is 0 Å². The highest BCUT2D eigenvalue weighted by atomic mass is 35.5. The predicted molar refractivity (Wildman–Crippen MR) is 102 cm³/mol. The molecule has 7 heteroatoms. The summed E-state index contributed by atoms with van der Waals surface area (Å²) in [7, 11) is 1.52. The minimum absolute atomic E-state index is 0.0402. The first-order chi connectivity index (χ1) is 11.8. The van der Waals surface area contributed by atoms with E-state index >= 15 is 0 Å². The Morgan fingerprint density at radius 3 is 2.72 bits per heavy atom. The number of halogens is 1. The maximum absolute atomic E-state index is 12.8. The molecule has 1 unspecified atom stereocenters. The number of nitrogens with zero attached hydrogens (tertiary/aromatic N) is 2. The van der Waals surface area contributed by atoms with Gasteiger partial charge in [0.05, 0.1) is 29.4 Å². The normalized spacial score (nSPS) is 19.7. The lowest BCUT2D eigenvalue weighted by Gasteiger charge is -2.28. The molecule has 0 aliphatic carbocycles. The molecular formula is C18H29ClN4O2. The van der Waals surface area contributed by atoms with Crippen LogP contribution in [0.1, 0.15) is 31.1 Å². The summed E-state index contributed by atoms with van der Waals surface area (Å²) >= 11 is 6.09. The molecule has 3 N–H and O–H groups in total. The largest absolute Gasteiger partial charge is 0.496 e. The van der Waals surface area contributed by atoms with Crippen LogP contribution in [0.3, 0.4) is 0 Å². The number of anilines is 1. The summed E-state index contributed by atoms with van der Waals surface area (Å²) in [6, 6.07) is 3.64. The van der Waals surface area contributed by atoms with Crippen molar-refractivity contribution in [3.63, 3.8) is 0 Å². The van der Waals surface area contributed by atoms with Crippen LogP contribution in [-0.2, 0) is 0 Å². The lowest BCUT2D eigenvalue weighted by molar-refractivity contribution is 0.0916. The van der Waals surface area contributed by atoms with E-state index in [1.54, 1.807) is 12.1 Å². The smallest absolute Gasteiger partial charge is 0.255 e. The third kappa shape index (κ3) is 5.00. The molecule has 1 saturated heterocycles. The standard InChI is InChI=1S/C18H29ClN4O2/c1-5-22-6-7-23(12(2)3)11-13(10-22)21-18(24)14-8-15(19)16(20)9-17(14)25-4/h8-9,12-13H,5-7,10-11,20H2,1-4H3,(H,21,24). The molecule has 0 bridgehead atoms. The molecule has 1 atom stereocenters. The summed E-state index contributed by atoms with van der Waals surface area (Å²) in [4.78, 5) is 17.6. The molecule has 2 rings (SSSR count). The lowest BCUT2D eigenvalue weighted by Crippen LogP contribution is -2.47. The second kappa shape index (κ2) is 8.74. The molecule has 1 aliphatic heterocycles. The number of nitrogen functional groups attached to an aromatic ring is 1. The van der Waals surface area contributed by atoms with Gasteiger partial charge in [-0.05, 0) is 26.5 Å². The Morgan fingerprint density at radius 1 is 1.40 bits per heavy atom. The first-order valence-corrected chi connectivity index (χ1v) is 9.13. The van der Waals surface area contributed by atoms with Crippen molar-refractivity contribution in [3.05, 3.63) is 22.7 Å². The molecule has 1 heterocycles. The zero-order chi connectivity index (χ0) is 18.6. The molecule has 0 aromatic heterocycles. The number of hydrogen-bond donors (Lipinski definition) is 2. The number of hydrogen-bond acceptors (Lipinski definition) is 5. The van der Waals surface area contributed by atoms with Gasteiger partial charge in [0.25, 0.3) is 5.91 Å². The van der Waals surface area contributed by atoms with Crippen molar-refractivity contribution in [1.82, 2.24) is 15.1 Å². The maximum atomic E-state index is 12.8. The molecule has 0 saturated carbocycles. The van der Waals surface area contributed by atoms with Crippen LogP contribution in [0.4, 0.5) is 5.69 Å². The summed E-state index contributed by atoms with van der Waals surface area (Å²) in [6.07, 6.45) is 0. The number of nitrogens with two attached hydrogens (primary N) is 1. The number of nitrogens with one attached hydrogen (secondary N) is 1. The molecule has 0 spiro atoms. The second-order valence-electron chi connectivity index (χ2n) is 6.73. The second-order valence-corrected chi connectivity index (χ2v) is 7.13. The highest BCUT2D eigenvalue weighted by Crippen LogP contribution is 2.28. The van der Waals surface area contributed by atoms with Crippen molar-refractivity contribution in [1.29, 1.82) is 0 Å². The van der Waals surface area contributed by atoms with Gasteiger partial charge in [-0.25, -0.2) is 0 Å². The molecule has 1 amide bonds. The lowest BCUT2D eigenvalue weighted by atomic mass is 10.1. The van der Waals surface area contributed by atoms with E-state index < -0.39 is 0 Å². The Labute approximate surface area is 155 Å². The average molecular weight is 369 g/mol. The average Bonchev–Trinajstić information content (AvgIpc) is 2.79. The van der Waals surface area contributed by atoms with E-state index in [0.29, 0.717) is 28.1 Å². The van der Waals surface area contributed by atoms with Gasteiger partial charge in [0.15, 0.2) is 0 Å². The Hall–Kier alpha value is -1.50. The van der Waals surface area contributed by atoms with Crippen molar-refractivity contribution >= 4 is 23.2 Å². The topological polar surface area (TPSA) is 70.8 Å². The minimum Gasteiger partial charge on any atom is -0.496 e. The molecule has 0 radical (unpaired) electrons. The Bertz CT molecular complexity index is 609. The fourth-order valence-corrected chi connectivity index (χ4v) is 3.29. The fourth-order valence-electron chi connectivity index (χ4n) is 3.13. The van der Waals surface area contributed by atoms with Gasteiger partial charge in [-0.15, -0.1) is 0 Å². The highest BCUT2D eigenvalue weighted by Gasteiger charge is 2.26. The molecule has 1 aliphatic rings. The van der Waals surface area contributed by atoms with E-state index in [0.717, 1.165) is 32.7 Å². The number of ether oxygens (including phenoxy) is 1. The summed E-state index contributed by atoms with van der Waals surface area (Å²) < 4.78 is 5.30. The van der Waals surface area contributed by atoms with Crippen LogP contribution in [0, 0.1) is 0 Å². The summed E-state index contributed by atoms with van der Waals surface area (Å²) in [5.41, 5.74) is 6.60. The van der Waals surface area contributed by atoms with Gasteiger partial charge in [-0.2, -0.15) is 0 Å². The highest BCUT2D eigenvalue weighted by molar-refractivity contribution is 6.33. The van der Waals surface area contributed by atoms with Gasteiger partial charge in [0, 0.05) is 38.3 Å². The molecule has 1 fully saturated rings. The van der Waals surface area contributed by atoms with Crippen LogP contribution in [0.2, 0.25) is 5.02 Å². The van der Waals surface area contributed by atoms with Gasteiger partial charge in [-0.1, -0.05) is 18.5 Å². The number of carbonyl (C=O) groups excluding carboxylic acids is 1. The Balaban J connectivity index is 2.18. The first-order valence-electron chi connectivity index (χ1n) is 8.76. The van der Waals surface area contributed by atoms with Crippen molar-refractivity contribution in [2.45, 2.75) is 32.9 Å². The summed E-state index contributed by atoms with van der Waals surface area (Å²) in [5, 5.41) is 3.50. The van der Waals surface area contributed by atoms with Crippen LogP contribution in [0.5, 0.6) is 5.75 Å². The van der Waals surface area contributed by atoms with Crippen LogP contribution < -0.4 is 15.8 Å².